The summed E-state index contributed by atoms with van der Waals surface area (Å²) in [7, 11) is 2.16. The van der Waals surface area contributed by atoms with Gasteiger partial charge in [-0.05, 0) is 63.1 Å². The minimum absolute atomic E-state index is 0.0599. The second-order valence-electron chi connectivity index (χ2n) is 11.4. The highest BCUT2D eigenvalue weighted by atomic mass is 16.5. The number of anilines is 2. The molecule has 0 radical (unpaired) electrons. The molecule has 0 spiro atoms. The number of aliphatic hydroxyl groups excluding tert-OH is 1. The van der Waals surface area contributed by atoms with Crippen LogP contribution in [0.4, 0.5) is 16.2 Å². The Balaban J connectivity index is 1.53. The van der Waals surface area contributed by atoms with E-state index in [2.05, 4.69) is 29.5 Å². The lowest BCUT2D eigenvalue weighted by Crippen LogP contribution is -2.48. The quantitative estimate of drug-likeness (QED) is 0.442. The van der Waals surface area contributed by atoms with Crippen molar-refractivity contribution in [3.63, 3.8) is 0 Å². The van der Waals surface area contributed by atoms with Gasteiger partial charge in [-0.25, -0.2) is 4.79 Å². The largest absolute Gasteiger partial charge is 0.488 e. The number of aliphatic hydroxyl groups is 1. The fourth-order valence-corrected chi connectivity index (χ4v) is 5.73. The second kappa shape index (κ2) is 13.8. The fraction of sp³-hybridized carbons (Fsp3) is 0.548. The number of hydrogen-bond donors (Lipinski definition) is 3. The first-order chi connectivity index (χ1) is 18.8. The number of hydrogen-bond acceptors (Lipinski definition) is 5. The van der Waals surface area contributed by atoms with Crippen molar-refractivity contribution in [2.75, 3.05) is 43.9 Å². The van der Waals surface area contributed by atoms with E-state index in [4.69, 9.17) is 4.74 Å². The van der Waals surface area contributed by atoms with Gasteiger partial charge in [0.15, 0.2) is 0 Å². The predicted octanol–water partition coefficient (Wildman–Crippen LogP) is 4.99. The molecule has 0 saturated heterocycles. The highest BCUT2D eigenvalue weighted by molar-refractivity contribution is 5.99. The summed E-state index contributed by atoms with van der Waals surface area (Å²) in [4.78, 5) is 30.2. The molecular formula is C31H44N4O4. The van der Waals surface area contributed by atoms with Gasteiger partial charge in [-0.2, -0.15) is 0 Å². The maximum absolute atomic E-state index is 13.4. The van der Waals surface area contributed by atoms with Crippen LogP contribution in [-0.4, -0.2) is 72.3 Å². The molecule has 3 N–H and O–H groups in total. The van der Waals surface area contributed by atoms with E-state index in [1.165, 1.54) is 32.1 Å². The molecule has 8 heteroatoms. The van der Waals surface area contributed by atoms with Crippen LogP contribution >= 0.6 is 0 Å². The van der Waals surface area contributed by atoms with Gasteiger partial charge in [-0.15, -0.1) is 0 Å². The summed E-state index contributed by atoms with van der Waals surface area (Å²) in [6, 6.07) is 14.1. The first kappa shape index (κ1) is 28.9. The van der Waals surface area contributed by atoms with Crippen molar-refractivity contribution in [1.82, 2.24) is 9.80 Å². The summed E-state index contributed by atoms with van der Waals surface area (Å²) in [6.45, 7) is 6.22. The molecule has 4 rings (SSSR count). The lowest BCUT2D eigenvalue weighted by molar-refractivity contribution is -0.134. The van der Waals surface area contributed by atoms with Gasteiger partial charge in [-0.3, -0.25) is 4.79 Å². The third kappa shape index (κ3) is 8.19. The number of nitrogens with zero attached hydrogens (tertiary/aromatic N) is 2. The van der Waals surface area contributed by atoms with Gasteiger partial charge in [0.25, 0.3) is 0 Å². The summed E-state index contributed by atoms with van der Waals surface area (Å²) in [6.07, 6.45) is 6.56. The maximum atomic E-state index is 13.4. The zero-order chi connectivity index (χ0) is 27.8. The fourth-order valence-electron chi connectivity index (χ4n) is 5.73. The average Bonchev–Trinajstić information content (AvgIpc) is 2.97. The van der Waals surface area contributed by atoms with Crippen molar-refractivity contribution in [2.24, 2.45) is 11.8 Å². The number of ether oxygens (including phenoxy) is 1. The van der Waals surface area contributed by atoms with Crippen LogP contribution in [0.3, 0.4) is 0 Å². The molecular weight excluding hydrogens is 492 g/mol. The number of nitrogens with one attached hydrogen (secondary N) is 2. The van der Waals surface area contributed by atoms with Gasteiger partial charge in [0.2, 0.25) is 5.91 Å². The minimum atomic E-state index is -0.358. The molecule has 3 atom stereocenters. The number of para-hydroxylation sites is 1. The number of fused-ring (bicyclic) bond motifs is 1. The van der Waals surface area contributed by atoms with E-state index < -0.39 is 0 Å². The van der Waals surface area contributed by atoms with E-state index in [1.807, 2.05) is 55.5 Å². The standard InChI is InChI=1S/C31H44N4O4/c1-22-18-35(23(2)21-36)30(37)17-25-16-27(33-31(38)32-26-12-8-5-9-13-26)14-15-28(25)39-29(22)20-34(3)19-24-10-6-4-7-11-24/h5,8-9,12-16,22-24,29,36H,4,6-7,10-11,17-21H2,1-3H3,(H2,32,33,38)/t22-,23-,29+/m1/s1. The molecule has 1 aliphatic heterocycles. The van der Waals surface area contributed by atoms with Gasteiger partial charge in [0, 0.05) is 42.5 Å². The van der Waals surface area contributed by atoms with Crippen LogP contribution < -0.4 is 15.4 Å². The minimum Gasteiger partial charge on any atom is -0.488 e. The molecule has 1 heterocycles. The van der Waals surface area contributed by atoms with E-state index in [0.717, 1.165) is 24.6 Å². The number of amides is 3. The van der Waals surface area contributed by atoms with Crippen molar-refractivity contribution in [1.29, 1.82) is 0 Å². The Labute approximate surface area is 232 Å². The van der Waals surface area contributed by atoms with Crippen LogP contribution in [0.1, 0.15) is 51.5 Å². The molecule has 2 aromatic carbocycles. The van der Waals surface area contributed by atoms with Gasteiger partial charge in [0.1, 0.15) is 11.9 Å². The number of rotatable bonds is 8. The monoisotopic (exact) mass is 536 g/mol. The molecule has 1 saturated carbocycles. The second-order valence-corrected chi connectivity index (χ2v) is 11.4. The van der Waals surface area contributed by atoms with Gasteiger partial charge >= 0.3 is 6.03 Å². The van der Waals surface area contributed by atoms with E-state index in [1.54, 1.807) is 4.90 Å². The van der Waals surface area contributed by atoms with Gasteiger partial charge in [0.05, 0.1) is 19.1 Å². The van der Waals surface area contributed by atoms with Gasteiger partial charge in [-0.1, -0.05) is 44.4 Å². The third-order valence-electron chi connectivity index (χ3n) is 7.99. The number of benzene rings is 2. The molecule has 212 valence electrons. The Kier molecular flexibility index (Phi) is 10.2. The number of urea groups is 1. The molecule has 8 nitrogen and oxygen atoms in total. The summed E-state index contributed by atoms with van der Waals surface area (Å²) in [5, 5.41) is 15.6. The number of carbonyl (C=O) groups excluding carboxylic acids is 2. The topological polar surface area (TPSA) is 94.1 Å². The molecule has 2 aromatic rings. The van der Waals surface area contributed by atoms with Crippen molar-refractivity contribution in [3.8, 4) is 5.75 Å². The van der Waals surface area contributed by atoms with Crippen LogP contribution in [0.5, 0.6) is 5.75 Å². The van der Waals surface area contributed by atoms with Crippen LogP contribution in [0, 0.1) is 11.8 Å². The Hall–Kier alpha value is -3.10. The van der Waals surface area contributed by atoms with Crippen LogP contribution in [0.2, 0.25) is 0 Å². The number of likely N-dealkylation sites (N-methyl/N-ethyl adjacent to an activating group) is 1. The van der Waals surface area contributed by atoms with Crippen molar-refractivity contribution in [3.05, 3.63) is 54.1 Å². The first-order valence-corrected chi connectivity index (χ1v) is 14.3. The molecule has 3 amide bonds. The summed E-state index contributed by atoms with van der Waals surface area (Å²) in [5.41, 5.74) is 2.00. The summed E-state index contributed by atoms with van der Waals surface area (Å²) >= 11 is 0. The molecule has 0 bridgehead atoms. The van der Waals surface area contributed by atoms with Gasteiger partial charge < -0.3 is 30.3 Å². The van der Waals surface area contributed by atoms with Crippen molar-refractivity contribution in [2.45, 2.75) is 64.5 Å². The first-order valence-electron chi connectivity index (χ1n) is 14.3. The molecule has 0 aromatic heterocycles. The Morgan fingerprint density at radius 1 is 1.08 bits per heavy atom. The van der Waals surface area contributed by atoms with Crippen LogP contribution in [-0.2, 0) is 11.2 Å². The summed E-state index contributed by atoms with van der Waals surface area (Å²) < 4.78 is 6.64. The molecule has 0 unspecified atom stereocenters. The van der Waals surface area contributed by atoms with E-state index in [-0.39, 0.29) is 43.0 Å². The molecule has 1 fully saturated rings. The smallest absolute Gasteiger partial charge is 0.323 e. The zero-order valence-corrected chi connectivity index (χ0v) is 23.6. The highest BCUT2D eigenvalue weighted by Gasteiger charge is 2.31. The normalized spacial score (nSPS) is 21.3. The van der Waals surface area contributed by atoms with Crippen LogP contribution in [0.15, 0.2) is 48.5 Å². The lowest BCUT2D eigenvalue weighted by Gasteiger charge is -2.35. The number of carbonyl (C=O) groups is 2. The average molecular weight is 537 g/mol. The van der Waals surface area contributed by atoms with Crippen molar-refractivity contribution >= 4 is 23.3 Å². The van der Waals surface area contributed by atoms with Crippen molar-refractivity contribution < 1.29 is 19.4 Å². The third-order valence-corrected chi connectivity index (χ3v) is 7.99. The molecule has 2 aliphatic rings. The molecule has 1 aliphatic carbocycles. The van der Waals surface area contributed by atoms with E-state index in [0.29, 0.717) is 23.7 Å². The predicted molar refractivity (Wildman–Crippen MR) is 155 cm³/mol. The lowest BCUT2D eigenvalue weighted by atomic mass is 9.89. The summed E-state index contributed by atoms with van der Waals surface area (Å²) in [5.74, 6) is 1.40. The Morgan fingerprint density at radius 2 is 1.79 bits per heavy atom. The maximum Gasteiger partial charge on any atom is 0.323 e. The van der Waals surface area contributed by atoms with Crippen LogP contribution in [0.25, 0.3) is 0 Å². The van der Waals surface area contributed by atoms with E-state index in [9.17, 15) is 14.7 Å². The Morgan fingerprint density at radius 3 is 2.51 bits per heavy atom. The van der Waals surface area contributed by atoms with E-state index >= 15 is 0 Å². The zero-order valence-electron chi connectivity index (χ0n) is 23.6. The molecule has 39 heavy (non-hydrogen) atoms. The SMILES string of the molecule is C[C@@H]1CN([C@H](C)CO)C(=O)Cc2cc(NC(=O)Nc3ccccc3)ccc2O[C@H]1CN(C)CC1CCCCC1. The Bertz CT molecular complexity index is 1090. The highest BCUT2D eigenvalue weighted by Crippen LogP contribution is 2.30.